The second kappa shape index (κ2) is 16.6. The average Bonchev–Trinajstić information content (AvgIpc) is 3.79. The van der Waals surface area contributed by atoms with Crippen molar-refractivity contribution in [1.82, 2.24) is 20.9 Å². The highest BCUT2D eigenvalue weighted by molar-refractivity contribution is 5.98. The standard InChI is InChI=1S/C35H48N4O6/c1-25(2)14-16-29(34(43)38-30(32(41)35(3)24-45-35)22-27-12-8-5-9-13-27)37-33(42)28(17-15-26-10-6-4-7-11-26)36-31(40)23-39-18-20-44-21-19-39/h4-13,25,28-30H,14-24H2,1-3H3,(H,36,40)(H,37,42)(H,38,43)/t28-,29-,30-,35+/m0/s1. The fourth-order valence-electron chi connectivity index (χ4n) is 5.42. The van der Waals surface area contributed by atoms with Crippen LogP contribution < -0.4 is 16.0 Å². The number of amides is 3. The van der Waals surface area contributed by atoms with Gasteiger partial charge in [-0.1, -0.05) is 74.5 Å². The summed E-state index contributed by atoms with van der Waals surface area (Å²) in [6, 6.07) is 16.8. The van der Waals surface area contributed by atoms with Crippen LogP contribution >= 0.6 is 0 Å². The molecular formula is C35H48N4O6. The molecule has 45 heavy (non-hydrogen) atoms. The molecule has 2 fully saturated rings. The lowest BCUT2D eigenvalue weighted by atomic mass is 9.94. The number of ketones is 1. The van der Waals surface area contributed by atoms with Gasteiger partial charge >= 0.3 is 0 Å². The molecule has 0 radical (unpaired) electrons. The Hall–Kier alpha value is -3.60. The molecule has 0 aliphatic carbocycles. The number of Topliss-reactive ketones (excluding diaryl/α,β-unsaturated/α-hetero) is 1. The monoisotopic (exact) mass is 620 g/mol. The molecule has 2 saturated heterocycles. The van der Waals surface area contributed by atoms with Gasteiger partial charge < -0.3 is 25.4 Å². The number of epoxide rings is 1. The molecule has 3 N–H and O–H groups in total. The maximum absolute atomic E-state index is 13.8. The highest BCUT2D eigenvalue weighted by atomic mass is 16.6. The van der Waals surface area contributed by atoms with Crippen molar-refractivity contribution in [3.8, 4) is 0 Å². The van der Waals surface area contributed by atoms with Gasteiger partial charge in [0, 0.05) is 13.1 Å². The first-order valence-corrected chi connectivity index (χ1v) is 16.1. The van der Waals surface area contributed by atoms with Crippen molar-refractivity contribution in [1.29, 1.82) is 0 Å². The number of ether oxygens (including phenoxy) is 2. The van der Waals surface area contributed by atoms with Gasteiger partial charge in [-0.15, -0.1) is 0 Å². The zero-order chi connectivity index (χ0) is 32.2. The van der Waals surface area contributed by atoms with Crippen LogP contribution in [0.15, 0.2) is 60.7 Å². The van der Waals surface area contributed by atoms with Crippen LogP contribution in [0.3, 0.4) is 0 Å². The molecule has 0 aromatic heterocycles. The molecule has 0 bridgehead atoms. The summed E-state index contributed by atoms with van der Waals surface area (Å²) >= 11 is 0. The minimum absolute atomic E-state index is 0.167. The molecule has 244 valence electrons. The summed E-state index contributed by atoms with van der Waals surface area (Å²) in [5.41, 5.74) is 1.04. The van der Waals surface area contributed by atoms with E-state index in [0.717, 1.165) is 11.1 Å². The van der Waals surface area contributed by atoms with E-state index in [1.54, 1.807) is 6.92 Å². The molecule has 0 unspecified atom stereocenters. The fourth-order valence-corrected chi connectivity index (χ4v) is 5.42. The number of rotatable bonds is 17. The third kappa shape index (κ3) is 11.1. The van der Waals surface area contributed by atoms with E-state index in [-0.39, 0.29) is 18.2 Å². The Kier molecular flexibility index (Phi) is 12.7. The number of carbonyl (C=O) groups is 4. The van der Waals surface area contributed by atoms with E-state index in [1.165, 1.54) is 0 Å². The van der Waals surface area contributed by atoms with Crippen LogP contribution in [0.2, 0.25) is 0 Å². The maximum atomic E-state index is 13.8. The molecule has 2 aromatic rings. The summed E-state index contributed by atoms with van der Waals surface area (Å²) in [5, 5.41) is 8.81. The molecular weight excluding hydrogens is 572 g/mol. The van der Waals surface area contributed by atoms with E-state index in [9.17, 15) is 19.2 Å². The van der Waals surface area contributed by atoms with Crippen LogP contribution in [-0.2, 0) is 41.5 Å². The minimum atomic E-state index is -0.920. The largest absolute Gasteiger partial charge is 0.379 e. The van der Waals surface area contributed by atoms with E-state index < -0.39 is 35.5 Å². The zero-order valence-corrected chi connectivity index (χ0v) is 26.8. The van der Waals surface area contributed by atoms with Gasteiger partial charge in [-0.3, -0.25) is 24.1 Å². The first-order chi connectivity index (χ1) is 21.6. The predicted molar refractivity (Wildman–Crippen MR) is 171 cm³/mol. The second-order valence-electron chi connectivity index (χ2n) is 12.7. The molecule has 2 heterocycles. The normalized spacial score (nSPS) is 20.1. The van der Waals surface area contributed by atoms with Gasteiger partial charge in [-0.2, -0.15) is 0 Å². The van der Waals surface area contributed by atoms with Crippen molar-refractivity contribution in [2.75, 3.05) is 39.5 Å². The van der Waals surface area contributed by atoms with Gasteiger partial charge in [-0.25, -0.2) is 0 Å². The lowest BCUT2D eigenvalue weighted by Crippen LogP contribution is -2.57. The second-order valence-corrected chi connectivity index (χ2v) is 12.7. The summed E-state index contributed by atoms with van der Waals surface area (Å²) in [7, 11) is 0. The van der Waals surface area contributed by atoms with Gasteiger partial charge in [0.2, 0.25) is 17.7 Å². The van der Waals surface area contributed by atoms with E-state index in [1.807, 2.05) is 65.6 Å². The number of nitrogens with zero attached hydrogens (tertiary/aromatic N) is 1. The zero-order valence-electron chi connectivity index (χ0n) is 26.8. The van der Waals surface area contributed by atoms with Crippen molar-refractivity contribution >= 4 is 23.5 Å². The molecule has 3 amide bonds. The smallest absolute Gasteiger partial charge is 0.243 e. The van der Waals surface area contributed by atoms with Crippen LogP contribution in [0.25, 0.3) is 0 Å². The third-order valence-corrected chi connectivity index (χ3v) is 8.37. The maximum Gasteiger partial charge on any atom is 0.243 e. The van der Waals surface area contributed by atoms with Crippen LogP contribution in [0.4, 0.5) is 0 Å². The number of nitrogens with one attached hydrogen (secondary N) is 3. The van der Waals surface area contributed by atoms with Crippen molar-refractivity contribution in [3.05, 3.63) is 71.8 Å². The first kappa shape index (κ1) is 34.3. The summed E-state index contributed by atoms with van der Waals surface area (Å²) in [4.78, 5) is 56.1. The third-order valence-electron chi connectivity index (χ3n) is 8.37. The van der Waals surface area contributed by atoms with Gasteiger partial charge in [0.1, 0.15) is 17.7 Å². The Balaban J connectivity index is 1.48. The van der Waals surface area contributed by atoms with E-state index in [2.05, 4.69) is 29.8 Å². The Morgan fingerprint density at radius 2 is 1.33 bits per heavy atom. The van der Waals surface area contributed by atoms with E-state index in [4.69, 9.17) is 9.47 Å². The van der Waals surface area contributed by atoms with Gasteiger partial charge in [0.25, 0.3) is 0 Å². The Morgan fingerprint density at radius 3 is 1.91 bits per heavy atom. The lowest BCUT2D eigenvalue weighted by Gasteiger charge is -2.28. The molecule has 2 aliphatic heterocycles. The summed E-state index contributed by atoms with van der Waals surface area (Å²) in [6.45, 7) is 8.75. The van der Waals surface area contributed by atoms with Crippen molar-refractivity contribution < 1.29 is 28.7 Å². The predicted octanol–water partition coefficient (Wildman–Crippen LogP) is 2.44. The highest BCUT2D eigenvalue weighted by Crippen LogP contribution is 2.29. The average molecular weight is 621 g/mol. The lowest BCUT2D eigenvalue weighted by molar-refractivity contribution is -0.134. The molecule has 2 aliphatic rings. The molecule has 10 nitrogen and oxygen atoms in total. The number of aryl methyl sites for hydroxylation is 1. The summed E-state index contributed by atoms with van der Waals surface area (Å²) in [6.07, 6.45) is 2.34. The Bertz CT molecular complexity index is 1260. The molecule has 4 atom stereocenters. The molecule has 10 heteroatoms. The quantitative estimate of drug-likeness (QED) is 0.232. The first-order valence-electron chi connectivity index (χ1n) is 16.1. The van der Waals surface area contributed by atoms with Gasteiger partial charge in [0.05, 0.1) is 32.4 Å². The van der Waals surface area contributed by atoms with Crippen LogP contribution in [0.5, 0.6) is 0 Å². The van der Waals surface area contributed by atoms with Gasteiger partial charge in [-0.05, 0) is 56.1 Å². The molecule has 4 rings (SSSR count). The molecule has 0 saturated carbocycles. The topological polar surface area (TPSA) is 129 Å². The van der Waals surface area contributed by atoms with Crippen molar-refractivity contribution in [2.45, 2.75) is 76.6 Å². The Morgan fingerprint density at radius 1 is 0.778 bits per heavy atom. The van der Waals surface area contributed by atoms with E-state index in [0.29, 0.717) is 70.9 Å². The minimum Gasteiger partial charge on any atom is -0.379 e. The number of morpholine rings is 1. The van der Waals surface area contributed by atoms with Crippen LogP contribution in [-0.4, -0.2) is 91.6 Å². The Labute approximate surface area is 266 Å². The number of hydrogen-bond acceptors (Lipinski definition) is 7. The molecule has 2 aromatic carbocycles. The number of carbonyl (C=O) groups excluding carboxylic acids is 4. The highest BCUT2D eigenvalue weighted by Gasteiger charge is 2.50. The van der Waals surface area contributed by atoms with E-state index >= 15 is 0 Å². The summed E-state index contributed by atoms with van der Waals surface area (Å²) in [5.74, 6) is -0.998. The van der Waals surface area contributed by atoms with Gasteiger partial charge in [0.15, 0.2) is 5.78 Å². The fraction of sp³-hybridized carbons (Fsp3) is 0.543. The van der Waals surface area contributed by atoms with Crippen molar-refractivity contribution in [3.63, 3.8) is 0 Å². The van der Waals surface area contributed by atoms with Crippen LogP contribution in [0.1, 0.15) is 51.2 Å². The SMILES string of the molecule is CC(C)CC[C@H](NC(=O)[C@H](CCc1ccccc1)NC(=O)CN1CCOCC1)C(=O)N[C@@H](Cc1ccccc1)C(=O)[C@@]1(C)CO1. The van der Waals surface area contributed by atoms with Crippen LogP contribution in [0, 0.1) is 5.92 Å². The van der Waals surface area contributed by atoms with Crippen molar-refractivity contribution in [2.24, 2.45) is 5.92 Å². The number of hydrogen-bond donors (Lipinski definition) is 3. The number of benzene rings is 2. The summed E-state index contributed by atoms with van der Waals surface area (Å²) < 4.78 is 10.8. The molecule has 0 spiro atoms.